The van der Waals surface area contributed by atoms with Gasteiger partial charge in [-0.3, -0.25) is 4.79 Å². The number of carboxylic acid groups (broad SMARTS) is 1. The Balaban J connectivity index is 2.11. The first kappa shape index (κ1) is 14.6. The molecule has 0 bridgehead atoms. The summed E-state index contributed by atoms with van der Waals surface area (Å²) >= 11 is 1.33. The van der Waals surface area contributed by atoms with Gasteiger partial charge in [0.25, 0.3) is 0 Å². The van der Waals surface area contributed by atoms with Crippen LogP contribution < -0.4 is 5.32 Å². The highest BCUT2D eigenvalue weighted by atomic mass is 32.1. The molecule has 1 aromatic heterocycles. The summed E-state index contributed by atoms with van der Waals surface area (Å²) in [4.78, 5) is 23.7. The molecular weight excluding hydrogens is 297 g/mol. The molecule has 0 aromatic carbocycles. The maximum atomic E-state index is 12.9. The van der Waals surface area contributed by atoms with E-state index in [-0.39, 0.29) is 6.54 Å². The lowest BCUT2D eigenvalue weighted by atomic mass is 9.86. The van der Waals surface area contributed by atoms with Gasteiger partial charge in [-0.1, -0.05) is 0 Å². The Morgan fingerprint density at radius 3 is 2.60 bits per heavy atom. The van der Waals surface area contributed by atoms with E-state index >= 15 is 0 Å². The van der Waals surface area contributed by atoms with Crippen molar-refractivity contribution in [3.8, 4) is 0 Å². The number of alkyl halides is 3. The fourth-order valence-electron chi connectivity index (χ4n) is 2.05. The molecule has 0 saturated carbocycles. The van der Waals surface area contributed by atoms with Crippen LogP contribution in [-0.2, 0) is 4.79 Å². The van der Waals surface area contributed by atoms with E-state index in [1.165, 1.54) is 11.3 Å². The Bertz CT molecular complexity index is 517. The Labute approximate surface area is 116 Å². The van der Waals surface area contributed by atoms with Gasteiger partial charge in [0, 0.05) is 18.5 Å². The number of carbonyl (C=O) groups is 2. The standard InChI is InChI=1S/C11H11F3N2O3S/c12-11(13,14)10(8(17)18)2-3-16(6-10)9(19)15-7-1-4-20-5-7/h1,4-5H,2-3,6H2,(H,15,19)(H,17,18). The predicted molar refractivity (Wildman–Crippen MR) is 65.7 cm³/mol. The number of nitrogens with zero attached hydrogens (tertiary/aromatic N) is 1. The number of rotatable bonds is 2. The van der Waals surface area contributed by atoms with Crippen molar-refractivity contribution >= 4 is 29.0 Å². The third-order valence-electron chi connectivity index (χ3n) is 3.28. The van der Waals surface area contributed by atoms with Gasteiger partial charge in [-0.25, -0.2) is 4.79 Å². The van der Waals surface area contributed by atoms with Gasteiger partial charge < -0.3 is 15.3 Å². The molecule has 1 aliphatic rings. The zero-order valence-corrected chi connectivity index (χ0v) is 10.9. The highest BCUT2D eigenvalue weighted by Crippen LogP contribution is 2.45. The Hall–Kier alpha value is -1.77. The van der Waals surface area contributed by atoms with E-state index in [2.05, 4.69) is 5.32 Å². The van der Waals surface area contributed by atoms with Crippen LogP contribution in [0.25, 0.3) is 0 Å². The third kappa shape index (κ3) is 2.45. The number of urea groups is 1. The molecular formula is C11H11F3N2O3S. The van der Waals surface area contributed by atoms with Crippen LogP contribution in [0.2, 0.25) is 0 Å². The van der Waals surface area contributed by atoms with Crippen LogP contribution in [0.5, 0.6) is 0 Å². The van der Waals surface area contributed by atoms with Crippen molar-refractivity contribution in [3.63, 3.8) is 0 Å². The van der Waals surface area contributed by atoms with E-state index in [9.17, 15) is 22.8 Å². The Morgan fingerprint density at radius 1 is 1.45 bits per heavy atom. The van der Waals surface area contributed by atoms with Crippen LogP contribution in [0.4, 0.5) is 23.7 Å². The minimum Gasteiger partial charge on any atom is -0.481 e. The summed E-state index contributed by atoms with van der Waals surface area (Å²) in [5.41, 5.74) is -2.40. The molecule has 9 heteroatoms. The second kappa shape index (κ2) is 4.97. The summed E-state index contributed by atoms with van der Waals surface area (Å²) in [5.74, 6) is -1.95. The lowest BCUT2D eigenvalue weighted by Crippen LogP contribution is -2.48. The van der Waals surface area contributed by atoms with Crippen LogP contribution in [0.3, 0.4) is 0 Å². The molecule has 1 fully saturated rings. The number of hydrogen-bond donors (Lipinski definition) is 2. The number of likely N-dealkylation sites (tertiary alicyclic amines) is 1. The third-order valence-corrected chi connectivity index (χ3v) is 3.96. The number of carboxylic acids is 1. The monoisotopic (exact) mass is 308 g/mol. The molecule has 2 amide bonds. The van der Waals surface area contributed by atoms with Crippen LogP contribution >= 0.6 is 11.3 Å². The number of anilines is 1. The van der Waals surface area contributed by atoms with Crippen molar-refractivity contribution in [2.24, 2.45) is 5.41 Å². The predicted octanol–water partition coefficient (Wildman–Crippen LogP) is 2.62. The quantitative estimate of drug-likeness (QED) is 0.882. The maximum absolute atomic E-state index is 12.9. The molecule has 5 nitrogen and oxygen atoms in total. The molecule has 2 heterocycles. The van der Waals surface area contributed by atoms with Gasteiger partial charge in [0.05, 0.1) is 5.69 Å². The van der Waals surface area contributed by atoms with Gasteiger partial charge in [-0.05, 0) is 17.9 Å². The van der Waals surface area contributed by atoms with Crippen LogP contribution in [0, 0.1) is 5.41 Å². The molecule has 1 saturated heterocycles. The van der Waals surface area contributed by atoms with Gasteiger partial charge >= 0.3 is 18.2 Å². The molecule has 1 aromatic rings. The number of nitrogens with one attached hydrogen (secondary N) is 1. The summed E-state index contributed by atoms with van der Waals surface area (Å²) < 4.78 is 38.8. The molecule has 1 aliphatic heterocycles. The van der Waals surface area contributed by atoms with E-state index in [1.807, 2.05) is 0 Å². The van der Waals surface area contributed by atoms with Gasteiger partial charge in [0.2, 0.25) is 0 Å². The number of amides is 2. The molecule has 1 atom stereocenters. The number of carbonyl (C=O) groups excluding carboxylic acids is 1. The van der Waals surface area contributed by atoms with Crippen molar-refractivity contribution in [2.75, 3.05) is 18.4 Å². The summed E-state index contributed by atoms with van der Waals surface area (Å²) in [6.07, 6.45) is -5.53. The van der Waals surface area contributed by atoms with Crippen LogP contribution in [0.15, 0.2) is 16.8 Å². The van der Waals surface area contributed by atoms with E-state index in [0.717, 1.165) is 4.90 Å². The highest BCUT2D eigenvalue weighted by Gasteiger charge is 2.64. The van der Waals surface area contributed by atoms with Crippen molar-refractivity contribution in [3.05, 3.63) is 16.8 Å². The normalized spacial score (nSPS) is 22.9. The summed E-state index contributed by atoms with van der Waals surface area (Å²) in [7, 11) is 0. The molecule has 1 unspecified atom stereocenters. The first-order chi connectivity index (χ1) is 9.26. The van der Waals surface area contributed by atoms with E-state index in [4.69, 9.17) is 5.11 Å². The molecule has 2 N–H and O–H groups in total. The topological polar surface area (TPSA) is 69.6 Å². The first-order valence-electron chi connectivity index (χ1n) is 5.64. The number of aliphatic carboxylic acids is 1. The maximum Gasteiger partial charge on any atom is 0.406 e. The highest BCUT2D eigenvalue weighted by molar-refractivity contribution is 7.08. The van der Waals surface area contributed by atoms with E-state index < -0.39 is 36.6 Å². The second-order valence-electron chi connectivity index (χ2n) is 4.50. The SMILES string of the molecule is O=C(Nc1ccsc1)N1CCC(C(=O)O)(C(F)(F)F)C1. The minimum absolute atomic E-state index is 0.248. The van der Waals surface area contributed by atoms with Crippen molar-refractivity contribution in [1.82, 2.24) is 4.90 Å². The van der Waals surface area contributed by atoms with Crippen molar-refractivity contribution in [2.45, 2.75) is 12.6 Å². The summed E-state index contributed by atoms with van der Waals surface area (Å²) in [6, 6.07) is 0.878. The van der Waals surface area contributed by atoms with E-state index in [0.29, 0.717) is 5.69 Å². The fourth-order valence-corrected chi connectivity index (χ4v) is 2.64. The van der Waals surface area contributed by atoms with Crippen molar-refractivity contribution in [1.29, 1.82) is 0 Å². The molecule has 0 spiro atoms. The van der Waals surface area contributed by atoms with Crippen LogP contribution in [-0.4, -0.2) is 41.3 Å². The van der Waals surface area contributed by atoms with Gasteiger partial charge in [0.15, 0.2) is 5.41 Å². The van der Waals surface area contributed by atoms with E-state index in [1.54, 1.807) is 16.8 Å². The van der Waals surface area contributed by atoms with Crippen molar-refractivity contribution < 1.29 is 27.9 Å². The smallest absolute Gasteiger partial charge is 0.406 e. The fraction of sp³-hybridized carbons (Fsp3) is 0.455. The van der Waals surface area contributed by atoms with Gasteiger partial charge in [0.1, 0.15) is 0 Å². The van der Waals surface area contributed by atoms with Gasteiger partial charge in [-0.2, -0.15) is 24.5 Å². The average molecular weight is 308 g/mol. The molecule has 110 valence electrons. The summed E-state index contributed by atoms with van der Waals surface area (Å²) in [6.45, 7) is -1.12. The lowest BCUT2D eigenvalue weighted by molar-refractivity contribution is -0.226. The second-order valence-corrected chi connectivity index (χ2v) is 5.28. The first-order valence-corrected chi connectivity index (χ1v) is 6.59. The number of thiophene rings is 1. The zero-order valence-electron chi connectivity index (χ0n) is 10.1. The summed E-state index contributed by atoms with van der Waals surface area (Å²) in [5, 5.41) is 14.6. The number of hydrogen-bond acceptors (Lipinski definition) is 3. The lowest BCUT2D eigenvalue weighted by Gasteiger charge is -2.27. The minimum atomic E-state index is -4.89. The number of halogens is 3. The molecule has 0 aliphatic carbocycles. The Kier molecular flexibility index (Phi) is 3.63. The zero-order chi connectivity index (χ0) is 15.0. The Morgan fingerprint density at radius 2 is 2.15 bits per heavy atom. The largest absolute Gasteiger partial charge is 0.481 e. The average Bonchev–Trinajstić information content (AvgIpc) is 2.96. The van der Waals surface area contributed by atoms with Crippen LogP contribution in [0.1, 0.15) is 6.42 Å². The molecule has 0 radical (unpaired) electrons. The molecule has 2 rings (SSSR count). The van der Waals surface area contributed by atoms with Gasteiger partial charge in [-0.15, -0.1) is 0 Å². The molecule has 20 heavy (non-hydrogen) atoms.